The van der Waals surface area contributed by atoms with E-state index in [4.69, 9.17) is 9.47 Å². The molecule has 0 fully saturated rings. The van der Waals surface area contributed by atoms with Crippen LogP contribution >= 0.6 is 67.8 Å². The van der Waals surface area contributed by atoms with Crippen molar-refractivity contribution in [2.75, 3.05) is 24.7 Å². The molecule has 2 rings (SSSR count). The summed E-state index contributed by atoms with van der Waals surface area (Å²) in [6, 6.07) is 10.8. The van der Waals surface area contributed by atoms with Gasteiger partial charge in [0, 0.05) is 17.0 Å². The summed E-state index contributed by atoms with van der Waals surface area (Å²) in [4.78, 5) is 25.2. The van der Waals surface area contributed by atoms with E-state index < -0.39 is 12.1 Å². The zero-order valence-corrected chi connectivity index (χ0v) is 22.3. The molecule has 0 saturated carbocycles. The Bertz CT molecular complexity index is 876. The molecule has 1 unspecified atom stereocenters. The number of aliphatic carboxylic acids is 1. The number of hydrogen-bond acceptors (Lipinski definition) is 4. The minimum Gasteiger partial charge on any atom is -0.489 e. The van der Waals surface area contributed by atoms with Crippen molar-refractivity contribution in [2.45, 2.75) is 20.0 Å². The number of nitrogens with zero attached hydrogens (tertiary/aromatic N) is 1. The summed E-state index contributed by atoms with van der Waals surface area (Å²) in [6.07, 6.45) is -1.04. The van der Waals surface area contributed by atoms with E-state index in [1.807, 2.05) is 19.1 Å². The molecule has 6 nitrogen and oxygen atoms in total. The second kappa shape index (κ2) is 11.6. The second-order valence-corrected chi connectivity index (χ2v) is 9.35. The fraction of sp³-hybridized carbons (Fsp3) is 0.300. The maximum atomic E-state index is 12.0. The van der Waals surface area contributed by atoms with Gasteiger partial charge in [0.05, 0.1) is 19.4 Å². The molecule has 0 heterocycles. The van der Waals surface area contributed by atoms with E-state index in [-0.39, 0.29) is 19.1 Å². The maximum Gasteiger partial charge on any atom is 0.337 e. The van der Waals surface area contributed by atoms with Gasteiger partial charge in [0.1, 0.15) is 12.4 Å². The highest BCUT2D eigenvalue weighted by Crippen LogP contribution is 2.39. The Hall–Kier alpha value is -0.670. The van der Waals surface area contributed by atoms with E-state index in [1.54, 1.807) is 29.2 Å². The zero-order chi connectivity index (χ0) is 21.6. The fourth-order valence-electron chi connectivity index (χ4n) is 2.73. The molecule has 1 atom stereocenters. The van der Waals surface area contributed by atoms with E-state index in [2.05, 4.69) is 67.8 Å². The third-order valence-electron chi connectivity index (χ3n) is 4.01. The molecule has 0 spiro atoms. The van der Waals surface area contributed by atoms with E-state index in [9.17, 15) is 14.7 Å². The lowest BCUT2D eigenvalue weighted by Crippen LogP contribution is -2.30. The van der Waals surface area contributed by atoms with Crippen LogP contribution < -0.4 is 9.64 Å². The minimum absolute atomic E-state index is 0.0361. The Labute approximate surface area is 210 Å². The first-order valence-corrected chi connectivity index (χ1v) is 12.0. The van der Waals surface area contributed by atoms with E-state index in [0.29, 0.717) is 17.9 Å². The summed E-state index contributed by atoms with van der Waals surface area (Å²) in [5.41, 5.74) is 1.41. The number of benzene rings is 2. The Balaban J connectivity index is 2.12. The summed E-state index contributed by atoms with van der Waals surface area (Å²) in [5.74, 6) is -0.417. The standard InChI is InChI=1S/C20H20I3NO5/c1-3-24(12(2)25)17-14(21)11-15(22)19(16(17)23)29-10-9-28-18(20(26)27)13-7-5-4-6-8-13/h4-8,11,18H,3,9-10H2,1-2H3,(H,26,27). The number of amides is 1. The van der Waals surface area contributed by atoms with Crippen LogP contribution in [0.1, 0.15) is 25.5 Å². The summed E-state index contributed by atoms with van der Waals surface area (Å²) in [7, 11) is 0. The molecule has 156 valence electrons. The van der Waals surface area contributed by atoms with Crippen LogP contribution in [0.2, 0.25) is 0 Å². The molecular formula is C20H20I3NO5. The van der Waals surface area contributed by atoms with Crippen LogP contribution in [0.5, 0.6) is 5.75 Å². The van der Waals surface area contributed by atoms with Crippen LogP contribution in [0.4, 0.5) is 5.69 Å². The molecule has 2 aromatic carbocycles. The van der Waals surface area contributed by atoms with Crippen molar-refractivity contribution in [3.8, 4) is 5.75 Å². The molecule has 0 saturated heterocycles. The van der Waals surface area contributed by atoms with Gasteiger partial charge >= 0.3 is 5.97 Å². The number of ether oxygens (including phenoxy) is 2. The predicted molar refractivity (Wildman–Crippen MR) is 137 cm³/mol. The lowest BCUT2D eigenvalue weighted by Gasteiger charge is -2.24. The predicted octanol–water partition coefficient (Wildman–Crippen LogP) is 5.09. The molecule has 2 aromatic rings. The fourth-order valence-corrected chi connectivity index (χ4v) is 6.99. The van der Waals surface area contributed by atoms with Crippen LogP contribution in [0, 0.1) is 10.7 Å². The minimum atomic E-state index is -1.04. The molecule has 29 heavy (non-hydrogen) atoms. The van der Waals surface area contributed by atoms with Crippen molar-refractivity contribution >= 4 is 85.3 Å². The van der Waals surface area contributed by atoms with Gasteiger partial charge in [-0.2, -0.15) is 0 Å². The first kappa shape index (κ1) is 24.6. The summed E-state index contributed by atoms with van der Waals surface area (Å²) >= 11 is 6.60. The number of hydrogen-bond donors (Lipinski definition) is 1. The van der Waals surface area contributed by atoms with Gasteiger partial charge in [0.2, 0.25) is 5.91 Å². The number of halogens is 3. The zero-order valence-electron chi connectivity index (χ0n) is 15.8. The van der Waals surface area contributed by atoms with Crippen LogP contribution in [-0.2, 0) is 14.3 Å². The number of carboxylic acid groups (broad SMARTS) is 1. The van der Waals surface area contributed by atoms with Crippen molar-refractivity contribution in [1.82, 2.24) is 0 Å². The molecule has 0 aliphatic heterocycles. The highest BCUT2D eigenvalue weighted by atomic mass is 127. The first-order valence-electron chi connectivity index (χ1n) is 8.75. The second-order valence-electron chi connectivity index (χ2n) is 5.94. The Morgan fingerprint density at radius 2 is 1.76 bits per heavy atom. The van der Waals surface area contributed by atoms with Gasteiger partial charge in [-0.1, -0.05) is 30.3 Å². The number of carbonyl (C=O) groups excluding carboxylic acids is 1. The van der Waals surface area contributed by atoms with Crippen LogP contribution in [0.25, 0.3) is 0 Å². The van der Waals surface area contributed by atoms with Crippen molar-refractivity contribution < 1.29 is 24.2 Å². The highest BCUT2D eigenvalue weighted by Gasteiger charge is 2.23. The molecular weight excluding hydrogens is 715 g/mol. The van der Waals surface area contributed by atoms with E-state index >= 15 is 0 Å². The number of rotatable bonds is 9. The molecule has 0 aromatic heterocycles. The molecule has 1 N–H and O–H groups in total. The average molecular weight is 735 g/mol. The molecule has 0 bridgehead atoms. The quantitative estimate of drug-likeness (QED) is 0.287. The lowest BCUT2D eigenvalue weighted by atomic mass is 10.1. The summed E-state index contributed by atoms with van der Waals surface area (Å²) < 4.78 is 14.2. The largest absolute Gasteiger partial charge is 0.489 e. The van der Waals surface area contributed by atoms with Gasteiger partial charge < -0.3 is 19.5 Å². The van der Waals surface area contributed by atoms with Crippen molar-refractivity contribution in [3.63, 3.8) is 0 Å². The van der Waals surface area contributed by atoms with Crippen LogP contribution in [-0.4, -0.2) is 36.7 Å². The van der Waals surface area contributed by atoms with Crippen molar-refractivity contribution in [2.24, 2.45) is 0 Å². The topological polar surface area (TPSA) is 76.1 Å². The van der Waals surface area contributed by atoms with Crippen molar-refractivity contribution in [3.05, 3.63) is 52.7 Å². The lowest BCUT2D eigenvalue weighted by molar-refractivity contribution is -0.151. The maximum absolute atomic E-state index is 12.0. The molecule has 1 amide bonds. The third-order valence-corrected chi connectivity index (χ3v) is 6.64. The third kappa shape index (κ3) is 6.40. The average Bonchev–Trinajstić information content (AvgIpc) is 2.67. The Morgan fingerprint density at radius 1 is 1.10 bits per heavy atom. The van der Waals surface area contributed by atoms with Gasteiger partial charge in [0.25, 0.3) is 0 Å². The van der Waals surface area contributed by atoms with Crippen LogP contribution in [0.15, 0.2) is 36.4 Å². The number of anilines is 1. The number of carbonyl (C=O) groups is 2. The van der Waals surface area contributed by atoms with E-state index in [0.717, 1.165) is 16.4 Å². The molecule has 0 aliphatic carbocycles. The van der Waals surface area contributed by atoms with Gasteiger partial charge in [-0.15, -0.1) is 0 Å². The molecule has 0 aliphatic rings. The van der Waals surface area contributed by atoms with Gasteiger partial charge in [-0.25, -0.2) is 4.79 Å². The summed E-state index contributed by atoms with van der Waals surface area (Å²) in [6.45, 7) is 4.33. The monoisotopic (exact) mass is 735 g/mol. The highest BCUT2D eigenvalue weighted by molar-refractivity contribution is 14.1. The van der Waals surface area contributed by atoms with Gasteiger partial charge in [0.15, 0.2) is 6.10 Å². The van der Waals surface area contributed by atoms with Crippen molar-refractivity contribution in [1.29, 1.82) is 0 Å². The Kier molecular flexibility index (Phi) is 9.88. The SMILES string of the molecule is CCN(C(C)=O)c1c(I)cc(I)c(OCCOC(C(=O)O)c2ccccc2)c1I. The normalized spacial score (nSPS) is 11.8. The van der Waals surface area contributed by atoms with Crippen LogP contribution in [0.3, 0.4) is 0 Å². The van der Waals surface area contributed by atoms with E-state index in [1.165, 1.54) is 6.92 Å². The number of carboxylic acids is 1. The first-order chi connectivity index (χ1) is 13.8. The van der Waals surface area contributed by atoms with Gasteiger partial charge in [-0.3, -0.25) is 4.79 Å². The molecule has 9 heteroatoms. The molecule has 0 radical (unpaired) electrons. The smallest absolute Gasteiger partial charge is 0.337 e. The Morgan fingerprint density at radius 3 is 2.31 bits per heavy atom. The summed E-state index contributed by atoms with van der Waals surface area (Å²) in [5, 5.41) is 9.43. The van der Waals surface area contributed by atoms with Gasteiger partial charge in [-0.05, 0) is 86.3 Å².